The maximum Gasteiger partial charge on any atom is 0.204 e. The molecule has 4 heteroatoms. The average Bonchev–Trinajstić information content (AvgIpc) is 2.95. The van der Waals surface area contributed by atoms with Gasteiger partial charge < -0.3 is 0 Å². The van der Waals surface area contributed by atoms with Gasteiger partial charge in [-0.1, -0.05) is 24.1 Å². The van der Waals surface area contributed by atoms with E-state index in [-0.39, 0.29) is 5.41 Å². The second kappa shape index (κ2) is 3.17. The van der Waals surface area contributed by atoms with Crippen LogP contribution in [0, 0.1) is 12.3 Å². The molecule has 0 amide bonds. The van der Waals surface area contributed by atoms with Crippen molar-refractivity contribution in [1.29, 1.82) is 0 Å². The molecule has 1 aromatic heterocycles. The van der Waals surface area contributed by atoms with Crippen LogP contribution in [0.15, 0.2) is 24.3 Å². The minimum Gasteiger partial charge on any atom is -0.177 e. The SMILES string of the molecule is C#CC1(c2cccc(-c3nn[nH]n3)c2)CC1. The smallest absolute Gasteiger partial charge is 0.177 e. The zero-order valence-electron chi connectivity index (χ0n) is 8.64. The maximum atomic E-state index is 5.57. The molecule has 1 aliphatic carbocycles. The highest BCUT2D eigenvalue weighted by atomic mass is 15.5. The van der Waals surface area contributed by atoms with Crippen molar-refractivity contribution in [3.63, 3.8) is 0 Å². The van der Waals surface area contributed by atoms with Crippen LogP contribution >= 0.6 is 0 Å². The number of hydrogen-bond donors (Lipinski definition) is 1. The summed E-state index contributed by atoms with van der Waals surface area (Å²) in [5, 5.41) is 13.9. The molecule has 0 spiro atoms. The molecule has 16 heavy (non-hydrogen) atoms. The summed E-state index contributed by atoms with van der Waals surface area (Å²) < 4.78 is 0. The van der Waals surface area contributed by atoms with Crippen molar-refractivity contribution in [3.05, 3.63) is 29.8 Å². The van der Waals surface area contributed by atoms with Gasteiger partial charge in [-0.05, 0) is 29.7 Å². The van der Waals surface area contributed by atoms with Crippen molar-refractivity contribution in [1.82, 2.24) is 20.6 Å². The topological polar surface area (TPSA) is 54.5 Å². The zero-order valence-corrected chi connectivity index (χ0v) is 8.64. The number of nitrogens with one attached hydrogen (secondary N) is 1. The van der Waals surface area contributed by atoms with E-state index in [0.717, 1.165) is 18.4 Å². The largest absolute Gasteiger partial charge is 0.204 e. The van der Waals surface area contributed by atoms with Crippen LogP contribution in [-0.4, -0.2) is 20.6 Å². The molecule has 0 saturated heterocycles. The molecule has 78 valence electrons. The van der Waals surface area contributed by atoms with Crippen molar-refractivity contribution in [2.75, 3.05) is 0 Å². The van der Waals surface area contributed by atoms with Crippen LogP contribution in [0.2, 0.25) is 0 Å². The Morgan fingerprint density at radius 2 is 2.25 bits per heavy atom. The number of aromatic amines is 1. The second-order valence-corrected chi connectivity index (χ2v) is 4.04. The van der Waals surface area contributed by atoms with Gasteiger partial charge in [-0.25, -0.2) is 0 Å². The lowest BCUT2D eigenvalue weighted by Gasteiger charge is -2.08. The van der Waals surface area contributed by atoms with Crippen molar-refractivity contribution in [2.45, 2.75) is 18.3 Å². The number of aromatic nitrogens is 4. The molecule has 1 aromatic carbocycles. The lowest BCUT2D eigenvalue weighted by molar-refractivity contribution is 0.881. The molecule has 1 fully saturated rings. The van der Waals surface area contributed by atoms with Crippen molar-refractivity contribution < 1.29 is 0 Å². The minimum atomic E-state index is -0.0419. The van der Waals surface area contributed by atoms with Gasteiger partial charge in [-0.2, -0.15) is 5.21 Å². The van der Waals surface area contributed by atoms with Crippen LogP contribution in [0.5, 0.6) is 0 Å². The van der Waals surface area contributed by atoms with E-state index < -0.39 is 0 Å². The summed E-state index contributed by atoms with van der Waals surface area (Å²) in [6, 6.07) is 8.06. The highest BCUT2D eigenvalue weighted by Gasteiger charge is 2.42. The Hall–Kier alpha value is -2.15. The monoisotopic (exact) mass is 210 g/mol. The quantitative estimate of drug-likeness (QED) is 0.765. The molecular formula is C12H10N4. The lowest BCUT2D eigenvalue weighted by Crippen LogP contribution is -2.02. The summed E-state index contributed by atoms with van der Waals surface area (Å²) in [5.41, 5.74) is 2.09. The molecule has 0 radical (unpaired) electrons. The Kier molecular flexibility index (Phi) is 1.80. The Morgan fingerprint density at radius 3 is 2.88 bits per heavy atom. The Bertz CT molecular complexity index is 547. The molecule has 1 aliphatic rings. The molecule has 0 aliphatic heterocycles. The number of nitrogens with zero attached hydrogens (tertiary/aromatic N) is 3. The molecule has 1 N–H and O–H groups in total. The predicted octanol–water partition coefficient (Wildman–Crippen LogP) is 1.53. The molecule has 4 nitrogen and oxygen atoms in total. The van der Waals surface area contributed by atoms with Crippen LogP contribution in [-0.2, 0) is 5.41 Å². The molecule has 3 rings (SSSR count). The van der Waals surface area contributed by atoms with Gasteiger partial charge in [-0.15, -0.1) is 16.6 Å². The van der Waals surface area contributed by atoms with Gasteiger partial charge in [0.1, 0.15) is 0 Å². The first kappa shape index (κ1) is 9.10. The first-order valence-electron chi connectivity index (χ1n) is 5.16. The molecule has 2 aromatic rings. The fourth-order valence-electron chi connectivity index (χ4n) is 1.88. The standard InChI is InChI=1S/C12H10N4/c1-2-12(6-7-12)10-5-3-4-9(8-10)11-13-15-16-14-11/h1,3-5,8H,6-7H2,(H,13,14,15,16). The zero-order chi connectivity index (χ0) is 11.0. The van der Waals surface area contributed by atoms with Crippen LogP contribution < -0.4 is 0 Å². The lowest BCUT2D eigenvalue weighted by atomic mass is 9.95. The molecule has 1 saturated carbocycles. The molecule has 0 atom stereocenters. The van der Waals surface area contributed by atoms with E-state index in [1.165, 1.54) is 5.56 Å². The highest BCUT2D eigenvalue weighted by Crippen LogP contribution is 2.47. The van der Waals surface area contributed by atoms with Gasteiger partial charge in [0, 0.05) is 5.56 Å². The van der Waals surface area contributed by atoms with E-state index in [4.69, 9.17) is 6.42 Å². The summed E-state index contributed by atoms with van der Waals surface area (Å²) in [4.78, 5) is 0. The van der Waals surface area contributed by atoms with E-state index in [9.17, 15) is 0 Å². The fourth-order valence-corrected chi connectivity index (χ4v) is 1.88. The Balaban J connectivity index is 2.05. The first-order valence-corrected chi connectivity index (χ1v) is 5.16. The molecule has 0 unspecified atom stereocenters. The number of hydrogen-bond acceptors (Lipinski definition) is 3. The predicted molar refractivity (Wildman–Crippen MR) is 59.4 cm³/mol. The number of tetrazole rings is 1. The van der Waals surface area contributed by atoms with Crippen LogP contribution in [0.25, 0.3) is 11.4 Å². The van der Waals surface area contributed by atoms with Crippen LogP contribution in [0.1, 0.15) is 18.4 Å². The van der Waals surface area contributed by atoms with Gasteiger partial charge in [0.2, 0.25) is 5.82 Å². The van der Waals surface area contributed by atoms with E-state index in [1.54, 1.807) is 0 Å². The average molecular weight is 210 g/mol. The highest BCUT2D eigenvalue weighted by molar-refractivity contribution is 5.57. The summed E-state index contributed by atoms with van der Waals surface area (Å²) in [7, 11) is 0. The van der Waals surface area contributed by atoms with Gasteiger partial charge in [0.05, 0.1) is 5.41 Å². The Morgan fingerprint density at radius 1 is 1.38 bits per heavy atom. The molecule has 0 bridgehead atoms. The summed E-state index contributed by atoms with van der Waals surface area (Å²) in [5.74, 6) is 3.48. The number of rotatable bonds is 2. The normalized spacial score (nSPS) is 16.7. The fraction of sp³-hybridized carbons (Fsp3) is 0.250. The van der Waals surface area contributed by atoms with Gasteiger partial charge in [-0.3, -0.25) is 0 Å². The number of H-pyrrole nitrogens is 1. The maximum absolute atomic E-state index is 5.57. The van der Waals surface area contributed by atoms with E-state index in [2.05, 4.69) is 38.7 Å². The van der Waals surface area contributed by atoms with Crippen molar-refractivity contribution in [2.24, 2.45) is 0 Å². The number of benzene rings is 1. The van der Waals surface area contributed by atoms with E-state index in [1.807, 2.05) is 12.1 Å². The minimum absolute atomic E-state index is 0.0419. The molecule has 1 heterocycles. The summed E-state index contributed by atoms with van der Waals surface area (Å²) in [6.07, 6.45) is 7.71. The third-order valence-electron chi connectivity index (χ3n) is 3.04. The third kappa shape index (κ3) is 1.29. The summed E-state index contributed by atoms with van der Waals surface area (Å²) in [6.45, 7) is 0. The van der Waals surface area contributed by atoms with Crippen molar-refractivity contribution >= 4 is 0 Å². The third-order valence-corrected chi connectivity index (χ3v) is 3.04. The van der Waals surface area contributed by atoms with E-state index in [0.29, 0.717) is 5.82 Å². The van der Waals surface area contributed by atoms with Gasteiger partial charge in [0.15, 0.2) is 0 Å². The molecular weight excluding hydrogens is 200 g/mol. The second-order valence-electron chi connectivity index (χ2n) is 4.04. The summed E-state index contributed by atoms with van der Waals surface area (Å²) >= 11 is 0. The number of terminal acetylenes is 1. The van der Waals surface area contributed by atoms with Crippen LogP contribution in [0.4, 0.5) is 0 Å². The van der Waals surface area contributed by atoms with Gasteiger partial charge >= 0.3 is 0 Å². The van der Waals surface area contributed by atoms with Crippen molar-refractivity contribution in [3.8, 4) is 23.7 Å². The first-order chi connectivity index (χ1) is 7.84. The van der Waals surface area contributed by atoms with E-state index >= 15 is 0 Å². The van der Waals surface area contributed by atoms with Crippen LogP contribution in [0.3, 0.4) is 0 Å². The Labute approximate surface area is 93.1 Å². The van der Waals surface area contributed by atoms with Gasteiger partial charge in [0.25, 0.3) is 0 Å².